The third kappa shape index (κ3) is 5.75. The summed E-state index contributed by atoms with van der Waals surface area (Å²) in [6.45, 7) is 12.3. The van der Waals surface area contributed by atoms with Crippen molar-refractivity contribution in [3.8, 4) is 0 Å². The van der Waals surface area contributed by atoms with Crippen LogP contribution in [0.4, 0.5) is 0 Å². The number of likely N-dealkylation sites (tertiary alicyclic amines) is 1. The molecule has 0 spiro atoms. The minimum atomic E-state index is 0.0186. The molecule has 0 radical (unpaired) electrons. The van der Waals surface area contributed by atoms with E-state index in [9.17, 15) is 4.79 Å². The maximum Gasteiger partial charge on any atom is 0.222 e. The van der Waals surface area contributed by atoms with Gasteiger partial charge in [-0.25, -0.2) is 0 Å². The van der Waals surface area contributed by atoms with Crippen LogP contribution in [0.25, 0.3) is 0 Å². The molecule has 1 saturated heterocycles. The average molecular weight is 359 g/mol. The first-order chi connectivity index (χ1) is 12.5. The van der Waals surface area contributed by atoms with Crippen LogP contribution < -0.4 is 10.6 Å². The number of hydrogen-bond acceptors (Lipinski definition) is 2. The first kappa shape index (κ1) is 20.3. The monoisotopic (exact) mass is 358 g/mol. The molecule has 0 aromatic heterocycles. The number of hydrogen-bond donors (Lipinski definition) is 2. The predicted octanol–water partition coefficient (Wildman–Crippen LogP) is 2.85. The molecule has 5 nitrogen and oxygen atoms in total. The molecular formula is C21H34N4O. The average Bonchev–Trinajstić information content (AvgIpc) is 2.64. The highest BCUT2D eigenvalue weighted by molar-refractivity contribution is 5.80. The summed E-state index contributed by atoms with van der Waals surface area (Å²) in [5.74, 6) is 2.26. The van der Waals surface area contributed by atoms with Crippen LogP contribution in [-0.4, -0.2) is 49.5 Å². The summed E-state index contributed by atoms with van der Waals surface area (Å²) in [6.07, 6.45) is 1.14. The van der Waals surface area contributed by atoms with Gasteiger partial charge < -0.3 is 15.5 Å². The molecule has 0 bridgehead atoms. The molecule has 1 amide bonds. The second kappa shape index (κ2) is 10.2. The Morgan fingerprint density at radius 3 is 2.62 bits per heavy atom. The molecule has 2 atom stereocenters. The minimum absolute atomic E-state index is 0.0186. The number of rotatable bonds is 6. The number of carbonyl (C=O) groups is 1. The fourth-order valence-corrected chi connectivity index (χ4v) is 3.50. The van der Waals surface area contributed by atoms with Gasteiger partial charge in [0.2, 0.25) is 5.91 Å². The third-order valence-electron chi connectivity index (χ3n) is 4.96. The SMILES string of the molecule is CCNC(=NCCNC(=O)C(C)C)N1CCC(c2ccccc2)C(C)C1. The van der Waals surface area contributed by atoms with Crippen molar-refractivity contribution >= 4 is 11.9 Å². The van der Waals surface area contributed by atoms with E-state index in [-0.39, 0.29) is 11.8 Å². The van der Waals surface area contributed by atoms with Crippen molar-refractivity contribution in [1.82, 2.24) is 15.5 Å². The van der Waals surface area contributed by atoms with Gasteiger partial charge in [0.25, 0.3) is 0 Å². The van der Waals surface area contributed by atoms with Crippen molar-refractivity contribution in [3.63, 3.8) is 0 Å². The zero-order valence-electron chi connectivity index (χ0n) is 16.7. The molecule has 5 heteroatoms. The maximum atomic E-state index is 11.6. The van der Waals surface area contributed by atoms with Crippen LogP contribution in [0.1, 0.15) is 45.6 Å². The minimum Gasteiger partial charge on any atom is -0.357 e. The number of nitrogens with zero attached hydrogens (tertiary/aromatic N) is 2. The molecule has 144 valence electrons. The molecule has 1 aliphatic rings. The Balaban J connectivity index is 1.92. The van der Waals surface area contributed by atoms with E-state index in [4.69, 9.17) is 4.99 Å². The molecule has 2 rings (SSSR count). The van der Waals surface area contributed by atoms with Gasteiger partial charge in [-0.3, -0.25) is 9.79 Å². The Bertz CT molecular complexity index is 585. The highest BCUT2D eigenvalue weighted by atomic mass is 16.1. The van der Waals surface area contributed by atoms with Crippen LogP contribution in [0.2, 0.25) is 0 Å². The Kier molecular flexibility index (Phi) is 7.95. The van der Waals surface area contributed by atoms with Crippen molar-refractivity contribution in [2.45, 2.75) is 40.0 Å². The van der Waals surface area contributed by atoms with E-state index in [1.807, 2.05) is 13.8 Å². The second-order valence-electron chi connectivity index (χ2n) is 7.41. The van der Waals surface area contributed by atoms with Crippen LogP contribution in [0, 0.1) is 11.8 Å². The maximum absolute atomic E-state index is 11.6. The summed E-state index contributed by atoms with van der Waals surface area (Å²) < 4.78 is 0. The van der Waals surface area contributed by atoms with Crippen molar-refractivity contribution in [1.29, 1.82) is 0 Å². The Labute approximate surface area is 158 Å². The van der Waals surface area contributed by atoms with Crippen LogP contribution in [0.5, 0.6) is 0 Å². The van der Waals surface area contributed by atoms with Gasteiger partial charge in [0, 0.05) is 32.1 Å². The van der Waals surface area contributed by atoms with E-state index in [1.54, 1.807) is 0 Å². The first-order valence-electron chi connectivity index (χ1n) is 9.88. The number of amides is 1. The number of benzene rings is 1. The summed E-state index contributed by atoms with van der Waals surface area (Å²) >= 11 is 0. The third-order valence-corrected chi connectivity index (χ3v) is 4.96. The molecule has 1 fully saturated rings. The molecule has 2 unspecified atom stereocenters. The smallest absolute Gasteiger partial charge is 0.222 e. The first-order valence-corrected chi connectivity index (χ1v) is 9.88. The van der Waals surface area contributed by atoms with Gasteiger partial charge in [-0.1, -0.05) is 51.1 Å². The lowest BCUT2D eigenvalue weighted by Gasteiger charge is -2.39. The summed E-state index contributed by atoms with van der Waals surface area (Å²) in [5, 5.41) is 6.33. The van der Waals surface area contributed by atoms with Crippen LogP contribution >= 0.6 is 0 Å². The molecular weight excluding hydrogens is 324 g/mol. The largest absolute Gasteiger partial charge is 0.357 e. The van der Waals surface area contributed by atoms with Gasteiger partial charge in [0.15, 0.2) is 5.96 Å². The number of piperidine rings is 1. The topological polar surface area (TPSA) is 56.7 Å². The van der Waals surface area contributed by atoms with Crippen LogP contribution in [-0.2, 0) is 4.79 Å². The number of nitrogens with one attached hydrogen (secondary N) is 2. The highest BCUT2D eigenvalue weighted by Gasteiger charge is 2.28. The standard InChI is InChI=1S/C21H34N4O/c1-5-22-21(24-13-12-23-20(26)16(2)3)25-14-11-19(17(4)15-25)18-9-7-6-8-10-18/h6-10,16-17,19H,5,11-15H2,1-4H3,(H,22,24)(H,23,26). The molecule has 1 aromatic carbocycles. The van der Waals surface area contributed by atoms with Crippen LogP contribution in [0.15, 0.2) is 35.3 Å². The van der Waals surface area contributed by atoms with E-state index in [1.165, 1.54) is 5.56 Å². The van der Waals surface area contributed by atoms with Crippen molar-refractivity contribution in [3.05, 3.63) is 35.9 Å². The molecule has 26 heavy (non-hydrogen) atoms. The Morgan fingerprint density at radius 1 is 1.27 bits per heavy atom. The second-order valence-corrected chi connectivity index (χ2v) is 7.41. The zero-order valence-corrected chi connectivity index (χ0v) is 16.7. The normalized spacial score (nSPS) is 21.0. The molecule has 1 aliphatic heterocycles. The molecule has 0 aliphatic carbocycles. The van der Waals surface area contributed by atoms with Gasteiger partial charge in [-0.05, 0) is 30.7 Å². The summed E-state index contributed by atoms with van der Waals surface area (Å²) in [4.78, 5) is 18.7. The number of aliphatic imine (C=N–C) groups is 1. The van der Waals surface area contributed by atoms with Gasteiger partial charge in [0.1, 0.15) is 0 Å². The van der Waals surface area contributed by atoms with E-state index in [0.717, 1.165) is 32.0 Å². The van der Waals surface area contributed by atoms with E-state index >= 15 is 0 Å². The van der Waals surface area contributed by atoms with E-state index < -0.39 is 0 Å². The summed E-state index contributed by atoms with van der Waals surface area (Å²) in [6, 6.07) is 10.8. The van der Waals surface area contributed by atoms with Gasteiger partial charge in [-0.2, -0.15) is 0 Å². The Hall–Kier alpha value is -2.04. The van der Waals surface area contributed by atoms with Crippen molar-refractivity contribution < 1.29 is 4.79 Å². The van der Waals surface area contributed by atoms with Gasteiger partial charge >= 0.3 is 0 Å². The molecule has 1 aromatic rings. The van der Waals surface area contributed by atoms with Crippen molar-refractivity contribution in [2.24, 2.45) is 16.8 Å². The molecule has 2 N–H and O–H groups in total. The van der Waals surface area contributed by atoms with E-state index in [2.05, 4.69) is 59.7 Å². The molecule has 0 saturated carbocycles. The fourth-order valence-electron chi connectivity index (χ4n) is 3.50. The molecule has 1 heterocycles. The number of carbonyl (C=O) groups excluding carboxylic acids is 1. The van der Waals surface area contributed by atoms with Crippen molar-refractivity contribution in [2.75, 3.05) is 32.7 Å². The predicted molar refractivity (Wildman–Crippen MR) is 108 cm³/mol. The quantitative estimate of drug-likeness (QED) is 0.467. The highest BCUT2D eigenvalue weighted by Crippen LogP contribution is 2.32. The summed E-state index contributed by atoms with van der Waals surface area (Å²) in [7, 11) is 0. The van der Waals surface area contributed by atoms with Gasteiger partial charge in [-0.15, -0.1) is 0 Å². The van der Waals surface area contributed by atoms with Gasteiger partial charge in [0.05, 0.1) is 6.54 Å². The summed E-state index contributed by atoms with van der Waals surface area (Å²) in [5.41, 5.74) is 1.44. The fraction of sp³-hybridized carbons (Fsp3) is 0.619. The Morgan fingerprint density at radius 2 is 2.00 bits per heavy atom. The van der Waals surface area contributed by atoms with Crippen LogP contribution in [0.3, 0.4) is 0 Å². The lowest BCUT2D eigenvalue weighted by atomic mass is 9.82. The zero-order chi connectivity index (χ0) is 18.9. The van der Waals surface area contributed by atoms with E-state index in [0.29, 0.717) is 24.9 Å². The lowest BCUT2D eigenvalue weighted by molar-refractivity contribution is -0.123. The lowest BCUT2D eigenvalue weighted by Crippen LogP contribution is -2.48. The number of guanidine groups is 1.